The predicted molar refractivity (Wildman–Crippen MR) is 162 cm³/mol. The van der Waals surface area contributed by atoms with E-state index in [0.717, 1.165) is 6.42 Å². The number of nitrogen functional groups attached to an aromatic ring is 1. The van der Waals surface area contributed by atoms with E-state index < -0.39 is 11.4 Å². The number of hydrogen-bond donors (Lipinski definition) is 2. The Morgan fingerprint density at radius 3 is 2.73 bits per heavy atom. The van der Waals surface area contributed by atoms with Crippen LogP contribution < -0.4 is 15.8 Å². The Hall–Kier alpha value is -4.86. The number of nitrogens with two attached hydrogens (primary N) is 1. The maximum absolute atomic E-state index is 15.5. The lowest BCUT2D eigenvalue weighted by molar-refractivity contribution is -0.127. The summed E-state index contributed by atoms with van der Waals surface area (Å²) >= 11 is 0. The summed E-state index contributed by atoms with van der Waals surface area (Å²) in [5.74, 6) is 0.219. The lowest BCUT2D eigenvalue weighted by Crippen LogP contribution is -2.54. The molecule has 11 nitrogen and oxygen atoms in total. The van der Waals surface area contributed by atoms with E-state index >= 15 is 4.39 Å². The molecule has 0 bridgehead atoms. The van der Waals surface area contributed by atoms with E-state index in [1.165, 1.54) is 12.4 Å². The molecule has 2 saturated heterocycles. The summed E-state index contributed by atoms with van der Waals surface area (Å²) < 4.78 is 28.2. The number of nitrogens with zero attached hydrogens (tertiary/aromatic N) is 6. The fourth-order valence-corrected chi connectivity index (χ4v) is 5.76. The Bertz CT molecular complexity index is 1760. The number of hydrogen-bond acceptors (Lipinski definition) is 9. The minimum Gasteiger partial charge on any atom is -0.457 e. The number of aromatic nitrogens is 4. The number of fused-ring (bicyclic) bond motifs is 1. The lowest BCUT2D eigenvalue weighted by Gasteiger charge is -2.35. The van der Waals surface area contributed by atoms with Gasteiger partial charge in [-0.05, 0) is 57.0 Å². The molecule has 0 aliphatic carbocycles. The number of halogens is 1. The van der Waals surface area contributed by atoms with E-state index in [2.05, 4.69) is 21.4 Å². The van der Waals surface area contributed by atoms with Crippen LogP contribution in [0, 0.1) is 17.1 Å². The molecule has 2 aromatic heterocycles. The largest absolute Gasteiger partial charge is 0.457 e. The molecule has 3 N–H and O–H groups in total. The third-order valence-electron chi connectivity index (χ3n) is 7.83. The summed E-state index contributed by atoms with van der Waals surface area (Å²) in [6, 6.07) is 15.7. The molecule has 4 aromatic rings. The van der Waals surface area contributed by atoms with Crippen LogP contribution in [-0.4, -0.2) is 67.9 Å². The molecule has 226 valence electrons. The molecule has 12 heteroatoms. The molecular weight excluding hydrogens is 563 g/mol. The normalized spacial score (nSPS) is 17.5. The minimum atomic E-state index is -0.572. The zero-order valence-electron chi connectivity index (χ0n) is 24.5. The molecule has 6 rings (SSSR count). The smallest absolute Gasteiger partial charge is 0.264 e. The monoisotopic (exact) mass is 596 g/mol. The SMILES string of the molecule is CC(C)(/C=C(\C#N)C(=O)N1CCCC1Cn1nc(-c2ccc(Oc3ccccc3)cc2F)c2c(N)ncnc21)NC1COC1. The van der Waals surface area contributed by atoms with Crippen molar-refractivity contribution in [3.63, 3.8) is 0 Å². The minimum absolute atomic E-state index is 0.0760. The quantitative estimate of drug-likeness (QED) is 0.214. The van der Waals surface area contributed by atoms with E-state index in [9.17, 15) is 10.1 Å². The Morgan fingerprint density at radius 1 is 1.23 bits per heavy atom. The maximum atomic E-state index is 15.5. The molecule has 1 atom stereocenters. The molecule has 2 fully saturated rings. The Kier molecular flexibility index (Phi) is 7.99. The van der Waals surface area contributed by atoms with Crippen LogP contribution in [0.3, 0.4) is 0 Å². The maximum Gasteiger partial charge on any atom is 0.264 e. The van der Waals surface area contributed by atoms with Gasteiger partial charge in [0.2, 0.25) is 0 Å². The van der Waals surface area contributed by atoms with Gasteiger partial charge in [-0.3, -0.25) is 4.79 Å². The highest BCUT2D eigenvalue weighted by Crippen LogP contribution is 2.35. The van der Waals surface area contributed by atoms with Crippen LogP contribution in [0.15, 0.2) is 66.5 Å². The average molecular weight is 597 g/mol. The first kappa shape index (κ1) is 29.2. The fraction of sp³-hybridized carbons (Fsp3) is 0.344. The molecule has 0 radical (unpaired) electrons. The summed E-state index contributed by atoms with van der Waals surface area (Å²) in [5, 5.41) is 18.5. The van der Waals surface area contributed by atoms with Crippen molar-refractivity contribution in [2.24, 2.45) is 0 Å². The van der Waals surface area contributed by atoms with Gasteiger partial charge >= 0.3 is 0 Å². The van der Waals surface area contributed by atoms with Gasteiger partial charge in [-0.25, -0.2) is 19.0 Å². The third kappa shape index (κ3) is 5.97. The van der Waals surface area contributed by atoms with Gasteiger partial charge in [-0.2, -0.15) is 10.4 Å². The number of benzene rings is 2. The van der Waals surface area contributed by atoms with Crippen molar-refractivity contribution in [2.45, 2.75) is 50.9 Å². The van der Waals surface area contributed by atoms with Crippen LogP contribution in [0.25, 0.3) is 22.3 Å². The topological polar surface area (TPSA) is 144 Å². The van der Waals surface area contributed by atoms with Crippen molar-refractivity contribution in [3.8, 4) is 28.8 Å². The average Bonchev–Trinajstić information content (AvgIpc) is 3.60. The number of rotatable bonds is 9. The van der Waals surface area contributed by atoms with Gasteiger partial charge in [0.1, 0.15) is 46.8 Å². The van der Waals surface area contributed by atoms with E-state index in [-0.39, 0.29) is 41.5 Å². The highest BCUT2D eigenvalue weighted by Gasteiger charge is 2.34. The van der Waals surface area contributed by atoms with Crippen molar-refractivity contribution < 1.29 is 18.7 Å². The summed E-state index contributed by atoms with van der Waals surface area (Å²) in [7, 11) is 0. The summed E-state index contributed by atoms with van der Waals surface area (Å²) in [4.78, 5) is 23.9. The Labute approximate surface area is 254 Å². The number of nitriles is 1. The van der Waals surface area contributed by atoms with Gasteiger partial charge in [0, 0.05) is 23.7 Å². The zero-order chi connectivity index (χ0) is 30.8. The second-order valence-electron chi connectivity index (χ2n) is 11.6. The summed E-state index contributed by atoms with van der Waals surface area (Å²) in [6.45, 7) is 5.86. The molecule has 4 heterocycles. The van der Waals surface area contributed by atoms with Crippen molar-refractivity contribution in [1.82, 2.24) is 30.0 Å². The van der Waals surface area contributed by atoms with Crippen molar-refractivity contribution >= 4 is 22.8 Å². The standard InChI is InChI=1S/C32H33FN8O3/c1-32(2,38-21-17-43-18-21)14-20(15-34)31(42)40-12-6-7-22(40)16-41-30-27(29(35)36-19-37-30)28(39-41)25-11-10-24(13-26(25)33)44-23-8-4-3-5-9-23/h3-5,8-11,13-14,19,21-22,38H,6-7,12,16-18H2,1-2H3,(H2,35,36,37)/b20-14+. The molecule has 44 heavy (non-hydrogen) atoms. The van der Waals surface area contributed by atoms with Crippen LogP contribution in [0.1, 0.15) is 26.7 Å². The molecule has 1 unspecified atom stereocenters. The summed E-state index contributed by atoms with van der Waals surface area (Å²) in [6.07, 6.45) is 4.51. The van der Waals surface area contributed by atoms with Crippen LogP contribution in [0.5, 0.6) is 11.5 Å². The van der Waals surface area contributed by atoms with Crippen LogP contribution in [0.2, 0.25) is 0 Å². The second kappa shape index (κ2) is 12.0. The van der Waals surface area contributed by atoms with Crippen molar-refractivity contribution in [2.75, 3.05) is 25.5 Å². The fourth-order valence-electron chi connectivity index (χ4n) is 5.76. The number of ether oxygens (including phenoxy) is 2. The lowest BCUT2D eigenvalue weighted by atomic mass is 9.98. The number of para-hydroxylation sites is 1. The van der Waals surface area contributed by atoms with Gasteiger partial charge in [0.15, 0.2) is 5.65 Å². The number of carbonyl (C=O) groups excluding carboxylic acids is 1. The third-order valence-corrected chi connectivity index (χ3v) is 7.83. The first-order valence-corrected chi connectivity index (χ1v) is 14.5. The molecule has 1 amide bonds. The highest BCUT2D eigenvalue weighted by atomic mass is 19.1. The van der Waals surface area contributed by atoms with Crippen LogP contribution in [0.4, 0.5) is 10.2 Å². The molecule has 2 aliphatic heterocycles. The molecule has 2 aromatic carbocycles. The van der Waals surface area contributed by atoms with E-state index in [4.69, 9.17) is 20.3 Å². The predicted octanol–water partition coefficient (Wildman–Crippen LogP) is 4.21. The molecule has 2 aliphatic rings. The number of likely N-dealkylation sites (tertiary alicyclic amines) is 1. The number of nitrogens with one attached hydrogen (secondary N) is 1. The number of anilines is 1. The van der Waals surface area contributed by atoms with E-state index in [1.54, 1.807) is 39.9 Å². The van der Waals surface area contributed by atoms with Gasteiger partial charge in [0.05, 0.1) is 37.2 Å². The first-order valence-electron chi connectivity index (χ1n) is 14.5. The highest BCUT2D eigenvalue weighted by molar-refractivity contribution is 5.99. The van der Waals surface area contributed by atoms with Gasteiger partial charge < -0.3 is 25.4 Å². The first-order chi connectivity index (χ1) is 21.2. The Morgan fingerprint density at radius 2 is 2.02 bits per heavy atom. The number of carbonyl (C=O) groups is 1. The zero-order valence-corrected chi connectivity index (χ0v) is 24.5. The van der Waals surface area contributed by atoms with Crippen LogP contribution in [-0.2, 0) is 16.1 Å². The van der Waals surface area contributed by atoms with Gasteiger partial charge in [0.25, 0.3) is 5.91 Å². The second-order valence-corrected chi connectivity index (χ2v) is 11.6. The van der Waals surface area contributed by atoms with Gasteiger partial charge in [-0.1, -0.05) is 18.2 Å². The van der Waals surface area contributed by atoms with Crippen molar-refractivity contribution in [1.29, 1.82) is 5.26 Å². The summed E-state index contributed by atoms with van der Waals surface area (Å²) in [5.41, 5.74) is 6.71. The van der Waals surface area contributed by atoms with E-state index in [1.807, 2.05) is 32.0 Å². The molecule has 0 saturated carbocycles. The van der Waals surface area contributed by atoms with Crippen LogP contribution >= 0.6 is 0 Å². The molecule has 0 spiro atoms. The number of amides is 1. The van der Waals surface area contributed by atoms with Crippen molar-refractivity contribution in [3.05, 3.63) is 72.3 Å². The molecular formula is C32H33FN8O3. The van der Waals surface area contributed by atoms with E-state index in [0.29, 0.717) is 54.4 Å². The van der Waals surface area contributed by atoms with Gasteiger partial charge in [-0.15, -0.1) is 0 Å². The Balaban J connectivity index is 1.27.